The maximum Gasteiger partial charge on any atom is 0.325 e. The molecule has 0 bridgehead atoms. The number of aromatic nitrogens is 1. The molecular formula is C20H15FN3O3. The fraction of sp³-hybridized carbons (Fsp3) is 0.0500. The van der Waals surface area contributed by atoms with Crippen molar-refractivity contribution in [2.45, 2.75) is 6.42 Å². The van der Waals surface area contributed by atoms with Crippen LogP contribution in [0.1, 0.15) is 5.56 Å². The smallest absolute Gasteiger partial charge is 0.325 e. The van der Waals surface area contributed by atoms with E-state index in [2.05, 4.69) is 21.8 Å². The minimum absolute atomic E-state index is 0.0132. The Morgan fingerprint density at radius 3 is 2.63 bits per heavy atom. The highest BCUT2D eigenvalue weighted by Crippen LogP contribution is 2.26. The average Bonchev–Trinajstić information content (AvgIpc) is 2.65. The third-order valence-corrected chi connectivity index (χ3v) is 3.47. The molecule has 3 rings (SSSR count). The van der Waals surface area contributed by atoms with Crippen molar-refractivity contribution >= 4 is 17.6 Å². The molecule has 27 heavy (non-hydrogen) atoms. The Morgan fingerprint density at radius 2 is 1.93 bits per heavy atom. The molecule has 3 amide bonds. The number of amides is 3. The molecule has 0 unspecified atom stereocenters. The van der Waals surface area contributed by atoms with E-state index >= 15 is 0 Å². The van der Waals surface area contributed by atoms with Crippen LogP contribution in [0.3, 0.4) is 0 Å². The Hall–Kier alpha value is -3.74. The second-order valence-electron chi connectivity index (χ2n) is 5.53. The Morgan fingerprint density at radius 1 is 1.11 bits per heavy atom. The van der Waals surface area contributed by atoms with Crippen LogP contribution in [0, 0.1) is 12.0 Å². The van der Waals surface area contributed by atoms with Gasteiger partial charge in [-0.05, 0) is 23.8 Å². The molecule has 7 heteroatoms. The Bertz CT molecular complexity index is 934. The first-order valence-corrected chi connectivity index (χ1v) is 8.04. The fourth-order valence-corrected chi connectivity index (χ4v) is 2.27. The number of benzene rings is 2. The van der Waals surface area contributed by atoms with Crippen molar-refractivity contribution < 1.29 is 18.7 Å². The number of imide groups is 1. The number of carbonyl (C=O) groups is 2. The first-order chi connectivity index (χ1) is 13.1. The summed E-state index contributed by atoms with van der Waals surface area (Å²) in [6, 6.07) is 15.2. The lowest BCUT2D eigenvalue weighted by atomic mass is 10.1. The number of pyridine rings is 1. The fourth-order valence-electron chi connectivity index (χ4n) is 2.27. The van der Waals surface area contributed by atoms with Gasteiger partial charge in [-0.1, -0.05) is 30.3 Å². The number of halogens is 1. The molecule has 0 saturated carbocycles. The number of nitrogens with one attached hydrogen (secondary N) is 2. The summed E-state index contributed by atoms with van der Waals surface area (Å²) in [7, 11) is 0. The third kappa shape index (κ3) is 5.37. The lowest BCUT2D eigenvalue weighted by Gasteiger charge is -2.10. The van der Waals surface area contributed by atoms with E-state index in [4.69, 9.17) is 4.74 Å². The molecule has 3 aromatic rings. The number of hydrogen-bond acceptors (Lipinski definition) is 4. The minimum atomic E-state index is -0.743. The van der Waals surface area contributed by atoms with Gasteiger partial charge in [0.15, 0.2) is 11.6 Å². The molecule has 2 aromatic carbocycles. The van der Waals surface area contributed by atoms with E-state index in [0.29, 0.717) is 5.75 Å². The van der Waals surface area contributed by atoms with E-state index in [-0.39, 0.29) is 17.9 Å². The zero-order chi connectivity index (χ0) is 19.1. The molecule has 2 N–H and O–H groups in total. The molecule has 0 atom stereocenters. The molecule has 1 aromatic heterocycles. The van der Waals surface area contributed by atoms with E-state index in [1.807, 2.05) is 6.07 Å². The van der Waals surface area contributed by atoms with Gasteiger partial charge in [0, 0.05) is 24.0 Å². The van der Waals surface area contributed by atoms with Crippen LogP contribution >= 0.6 is 0 Å². The van der Waals surface area contributed by atoms with Crippen LogP contribution in [0.25, 0.3) is 0 Å². The average molecular weight is 364 g/mol. The van der Waals surface area contributed by atoms with Crippen molar-refractivity contribution in [1.82, 2.24) is 10.3 Å². The maximum absolute atomic E-state index is 14.1. The van der Waals surface area contributed by atoms with Crippen LogP contribution in [0.15, 0.2) is 66.9 Å². The number of anilines is 1. The van der Waals surface area contributed by atoms with Crippen molar-refractivity contribution in [3.05, 3.63) is 84.4 Å². The first kappa shape index (κ1) is 18.1. The van der Waals surface area contributed by atoms with Gasteiger partial charge >= 0.3 is 6.03 Å². The number of rotatable bonds is 5. The highest BCUT2D eigenvalue weighted by Gasteiger charge is 2.11. The van der Waals surface area contributed by atoms with Crippen LogP contribution in [0.2, 0.25) is 0 Å². The standard InChI is InChI=1S/C20H15FN3O3/c21-17-13-15(6-7-18(17)27-16-8-10-22-11-9-16)23-20(26)24-19(25)12-14-4-2-1-3-5-14/h1-10,13H,12H2,(H2,23,24,25,26). The molecule has 0 saturated heterocycles. The summed E-state index contributed by atoms with van der Waals surface area (Å²) in [4.78, 5) is 27.5. The Kier molecular flexibility index (Phi) is 5.73. The molecule has 0 aliphatic heterocycles. The topological polar surface area (TPSA) is 80.3 Å². The van der Waals surface area contributed by atoms with E-state index in [0.717, 1.165) is 11.6 Å². The zero-order valence-electron chi connectivity index (χ0n) is 14.1. The highest BCUT2D eigenvalue weighted by molar-refractivity contribution is 6.01. The van der Waals surface area contributed by atoms with Gasteiger partial charge in [-0.2, -0.15) is 0 Å². The van der Waals surface area contributed by atoms with Crippen molar-refractivity contribution in [2.75, 3.05) is 5.32 Å². The molecule has 135 valence electrons. The van der Waals surface area contributed by atoms with Crippen molar-refractivity contribution in [3.8, 4) is 11.5 Å². The van der Waals surface area contributed by atoms with Gasteiger partial charge in [-0.15, -0.1) is 0 Å². The molecule has 0 fully saturated rings. The Labute approximate surface area is 155 Å². The summed E-state index contributed by atoms with van der Waals surface area (Å²) in [5.74, 6) is -0.761. The van der Waals surface area contributed by atoms with Gasteiger partial charge in [0.2, 0.25) is 5.91 Å². The van der Waals surface area contributed by atoms with Crippen LogP contribution in [0.4, 0.5) is 14.9 Å². The molecule has 6 nitrogen and oxygen atoms in total. The molecule has 1 radical (unpaired) electrons. The predicted octanol–water partition coefficient (Wildman–Crippen LogP) is 3.70. The van der Waals surface area contributed by atoms with E-state index in [1.54, 1.807) is 30.3 Å². The lowest BCUT2D eigenvalue weighted by molar-refractivity contribution is -0.119. The van der Waals surface area contributed by atoms with Gasteiger partial charge in [0.25, 0.3) is 0 Å². The SMILES string of the molecule is O=C(Cc1ccccc1)NC(=O)Nc1ccc(Oc2c[c]ncc2)c(F)c1. The number of urea groups is 1. The van der Waals surface area contributed by atoms with Gasteiger partial charge in [-0.3, -0.25) is 15.1 Å². The normalized spacial score (nSPS) is 10.1. The van der Waals surface area contributed by atoms with E-state index in [1.165, 1.54) is 24.4 Å². The molecule has 1 heterocycles. The van der Waals surface area contributed by atoms with Crippen LogP contribution in [0.5, 0.6) is 11.5 Å². The second kappa shape index (κ2) is 8.57. The van der Waals surface area contributed by atoms with E-state index in [9.17, 15) is 14.0 Å². The zero-order valence-corrected chi connectivity index (χ0v) is 14.1. The highest BCUT2D eigenvalue weighted by atomic mass is 19.1. The maximum atomic E-state index is 14.1. The second-order valence-corrected chi connectivity index (χ2v) is 5.53. The first-order valence-electron chi connectivity index (χ1n) is 8.04. The number of carbonyl (C=O) groups excluding carboxylic acids is 2. The molecule has 0 aliphatic carbocycles. The number of ether oxygens (including phenoxy) is 1. The predicted molar refractivity (Wildman–Crippen MR) is 96.9 cm³/mol. The van der Waals surface area contributed by atoms with Crippen LogP contribution in [-0.4, -0.2) is 16.9 Å². The largest absolute Gasteiger partial charge is 0.454 e. The summed E-state index contributed by atoms with van der Waals surface area (Å²) in [6.45, 7) is 0. The minimum Gasteiger partial charge on any atom is -0.454 e. The molecule has 0 aliphatic rings. The third-order valence-electron chi connectivity index (χ3n) is 3.47. The van der Waals surface area contributed by atoms with Gasteiger partial charge in [0.1, 0.15) is 5.75 Å². The van der Waals surface area contributed by atoms with Gasteiger partial charge < -0.3 is 10.1 Å². The number of nitrogens with zero attached hydrogens (tertiary/aromatic N) is 1. The summed E-state index contributed by atoms with van der Waals surface area (Å²) in [6.07, 6.45) is 4.12. The Balaban J connectivity index is 1.56. The summed E-state index contributed by atoms with van der Waals surface area (Å²) in [5, 5.41) is 4.60. The summed E-state index contributed by atoms with van der Waals surface area (Å²) < 4.78 is 19.5. The summed E-state index contributed by atoms with van der Waals surface area (Å²) >= 11 is 0. The van der Waals surface area contributed by atoms with Crippen molar-refractivity contribution in [1.29, 1.82) is 0 Å². The van der Waals surface area contributed by atoms with E-state index < -0.39 is 17.8 Å². The molecule has 0 spiro atoms. The lowest BCUT2D eigenvalue weighted by Crippen LogP contribution is -2.35. The quantitative estimate of drug-likeness (QED) is 0.723. The van der Waals surface area contributed by atoms with Crippen molar-refractivity contribution in [2.24, 2.45) is 0 Å². The van der Waals surface area contributed by atoms with Crippen LogP contribution < -0.4 is 15.4 Å². The molecular weight excluding hydrogens is 349 g/mol. The number of hydrogen-bond donors (Lipinski definition) is 2. The van der Waals surface area contributed by atoms with Crippen LogP contribution in [-0.2, 0) is 11.2 Å². The summed E-state index contributed by atoms with van der Waals surface area (Å²) in [5.41, 5.74) is 0.967. The van der Waals surface area contributed by atoms with Crippen molar-refractivity contribution in [3.63, 3.8) is 0 Å². The monoisotopic (exact) mass is 364 g/mol. The van der Waals surface area contributed by atoms with Gasteiger partial charge in [-0.25, -0.2) is 9.18 Å². The van der Waals surface area contributed by atoms with Gasteiger partial charge in [0.05, 0.1) is 12.6 Å².